The Morgan fingerprint density at radius 2 is 2.33 bits per heavy atom. The molecule has 18 heavy (non-hydrogen) atoms. The molecule has 0 aliphatic heterocycles. The van der Waals surface area contributed by atoms with Gasteiger partial charge in [0.1, 0.15) is 5.56 Å². The molecule has 0 aliphatic carbocycles. The van der Waals surface area contributed by atoms with E-state index in [-0.39, 0.29) is 11.6 Å². The maximum atomic E-state index is 11.2. The van der Waals surface area contributed by atoms with Crippen molar-refractivity contribution in [2.24, 2.45) is 0 Å². The van der Waals surface area contributed by atoms with Crippen LogP contribution in [0.4, 0.5) is 5.69 Å². The SMILES string of the molecule is CCC(C)N(CCOC)c1ccncc1C(=O)O. The number of rotatable bonds is 7. The molecule has 1 aromatic rings. The van der Waals surface area contributed by atoms with Gasteiger partial charge in [-0.15, -0.1) is 0 Å². The number of aromatic carboxylic acids is 1. The van der Waals surface area contributed by atoms with Crippen LogP contribution in [0.25, 0.3) is 0 Å². The van der Waals surface area contributed by atoms with Gasteiger partial charge in [-0.1, -0.05) is 6.92 Å². The summed E-state index contributed by atoms with van der Waals surface area (Å²) >= 11 is 0. The lowest BCUT2D eigenvalue weighted by Crippen LogP contribution is -2.36. The Hall–Kier alpha value is -1.62. The zero-order chi connectivity index (χ0) is 13.5. The van der Waals surface area contributed by atoms with Gasteiger partial charge in [-0.3, -0.25) is 4.98 Å². The maximum Gasteiger partial charge on any atom is 0.339 e. The van der Waals surface area contributed by atoms with Crippen LogP contribution in [0.5, 0.6) is 0 Å². The van der Waals surface area contributed by atoms with E-state index in [1.54, 1.807) is 19.4 Å². The molecule has 0 aromatic carbocycles. The highest BCUT2D eigenvalue weighted by Gasteiger charge is 2.19. The van der Waals surface area contributed by atoms with Gasteiger partial charge < -0.3 is 14.7 Å². The van der Waals surface area contributed by atoms with Gasteiger partial charge in [-0.25, -0.2) is 4.79 Å². The summed E-state index contributed by atoms with van der Waals surface area (Å²) in [6, 6.07) is 1.99. The van der Waals surface area contributed by atoms with Crippen molar-refractivity contribution in [3.63, 3.8) is 0 Å². The average molecular weight is 252 g/mol. The van der Waals surface area contributed by atoms with Gasteiger partial charge in [0.25, 0.3) is 0 Å². The van der Waals surface area contributed by atoms with Crippen molar-refractivity contribution < 1.29 is 14.6 Å². The molecule has 0 spiro atoms. The van der Waals surface area contributed by atoms with Gasteiger partial charge in [-0.05, 0) is 19.4 Å². The fraction of sp³-hybridized carbons (Fsp3) is 0.538. The Morgan fingerprint density at radius 1 is 1.61 bits per heavy atom. The smallest absolute Gasteiger partial charge is 0.339 e. The molecule has 0 fully saturated rings. The quantitative estimate of drug-likeness (QED) is 0.804. The largest absolute Gasteiger partial charge is 0.478 e. The second-order valence-corrected chi connectivity index (χ2v) is 4.14. The Morgan fingerprint density at radius 3 is 2.89 bits per heavy atom. The lowest BCUT2D eigenvalue weighted by atomic mass is 10.1. The second kappa shape index (κ2) is 6.96. The van der Waals surface area contributed by atoms with Gasteiger partial charge in [0.2, 0.25) is 0 Å². The molecule has 0 saturated heterocycles. The van der Waals surface area contributed by atoms with E-state index in [1.807, 2.05) is 0 Å². The Balaban J connectivity index is 3.07. The van der Waals surface area contributed by atoms with E-state index in [0.29, 0.717) is 18.8 Å². The van der Waals surface area contributed by atoms with E-state index in [2.05, 4.69) is 23.7 Å². The molecule has 0 saturated carbocycles. The number of aromatic nitrogens is 1. The van der Waals surface area contributed by atoms with Crippen molar-refractivity contribution in [1.29, 1.82) is 0 Å². The van der Waals surface area contributed by atoms with Crippen LogP contribution in [0, 0.1) is 0 Å². The summed E-state index contributed by atoms with van der Waals surface area (Å²) < 4.78 is 5.08. The summed E-state index contributed by atoms with van der Waals surface area (Å²) in [7, 11) is 1.64. The van der Waals surface area contributed by atoms with Crippen molar-refractivity contribution in [2.75, 3.05) is 25.2 Å². The molecule has 0 radical (unpaired) electrons. The molecule has 1 atom stereocenters. The van der Waals surface area contributed by atoms with Crippen LogP contribution in [0.1, 0.15) is 30.6 Å². The molecule has 5 nitrogen and oxygen atoms in total. The van der Waals surface area contributed by atoms with Crippen molar-refractivity contribution >= 4 is 11.7 Å². The van der Waals surface area contributed by atoms with Crippen LogP contribution in [-0.4, -0.2) is 42.4 Å². The third-order valence-corrected chi connectivity index (χ3v) is 3.00. The maximum absolute atomic E-state index is 11.2. The van der Waals surface area contributed by atoms with Crippen molar-refractivity contribution in [1.82, 2.24) is 4.98 Å². The van der Waals surface area contributed by atoms with E-state index in [0.717, 1.165) is 6.42 Å². The van der Waals surface area contributed by atoms with Crippen LogP contribution < -0.4 is 4.90 Å². The van der Waals surface area contributed by atoms with Gasteiger partial charge in [0.15, 0.2) is 0 Å². The predicted octanol–water partition coefficient (Wildman–Crippen LogP) is 2.03. The monoisotopic (exact) mass is 252 g/mol. The minimum Gasteiger partial charge on any atom is -0.478 e. The van der Waals surface area contributed by atoms with Gasteiger partial charge in [0.05, 0.1) is 12.3 Å². The molecule has 5 heteroatoms. The first kappa shape index (κ1) is 14.4. The van der Waals surface area contributed by atoms with Crippen LogP contribution in [0.15, 0.2) is 18.5 Å². The fourth-order valence-electron chi connectivity index (χ4n) is 1.79. The molecular formula is C13H20N2O3. The molecule has 1 N–H and O–H groups in total. The molecule has 0 bridgehead atoms. The zero-order valence-electron chi connectivity index (χ0n) is 11.1. The van der Waals surface area contributed by atoms with E-state index < -0.39 is 5.97 Å². The van der Waals surface area contributed by atoms with Crippen molar-refractivity contribution in [3.8, 4) is 0 Å². The molecule has 0 amide bonds. The molecule has 1 aromatic heterocycles. The van der Waals surface area contributed by atoms with E-state index >= 15 is 0 Å². The minimum absolute atomic E-state index is 0.230. The lowest BCUT2D eigenvalue weighted by Gasteiger charge is -2.31. The standard InChI is InChI=1S/C13H20N2O3/c1-4-10(2)15(7-8-18-3)12-5-6-14-9-11(12)13(16)17/h5-6,9-10H,4,7-8H2,1-3H3,(H,16,17). The Labute approximate surface area is 107 Å². The van der Waals surface area contributed by atoms with Crippen molar-refractivity contribution in [3.05, 3.63) is 24.0 Å². The molecule has 100 valence electrons. The average Bonchev–Trinajstić information content (AvgIpc) is 2.39. The Kier molecular flexibility index (Phi) is 5.58. The number of hydrogen-bond acceptors (Lipinski definition) is 4. The number of anilines is 1. The number of carboxylic acid groups (broad SMARTS) is 1. The normalized spacial score (nSPS) is 12.2. The summed E-state index contributed by atoms with van der Waals surface area (Å²) in [5.74, 6) is -0.955. The third-order valence-electron chi connectivity index (χ3n) is 3.00. The van der Waals surface area contributed by atoms with Crippen LogP contribution >= 0.6 is 0 Å². The first-order chi connectivity index (χ1) is 8.61. The molecular weight excluding hydrogens is 232 g/mol. The Bertz CT molecular complexity index is 396. The van der Waals surface area contributed by atoms with Crippen LogP contribution in [-0.2, 0) is 4.74 Å². The molecule has 1 heterocycles. The summed E-state index contributed by atoms with van der Waals surface area (Å²) in [4.78, 5) is 17.1. The van der Waals surface area contributed by atoms with Crippen LogP contribution in [0.2, 0.25) is 0 Å². The zero-order valence-corrected chi connectivity index (χ0v) is 11.1. The number of carbonyl (C=O) groups is 1. The fourth-order valence-corrected chi connectivity index (χ4v) is 1.79. The van der Waals surface area contributed by atoms with E-state index in [4.69, 9.17) is 4.74 Å². The highest BCUT2D eigenvalue weighted by molar-refractivity contribution is 5.94. The van der Waals surface area contributed by atoms with Gasteiger partial charge in [0, 0.05) is 32.1 Å². The number of hydrogen-bond donors (Lipinski definition) is 1. The van der Waals surface area contributed by atoms with Gasteiger partial charge in [-0.2, -0.15) is 0 Å². The van der Waals surface area contributed by atoms with Crippen molar-refractivity contribution in [2.45, 2.75) is 26.3 Å². The first-order valence-corrected chi connectivity index (χ1v) is 6.04. The number of carboxylic acids is 1. The molecule has 0 aliphatic rings. The number of nitrogens with zero attached hydrogens (tertiary/aromatic N) is 2. The van der Waals surface area contributed by atoms with E-state index in [9.17, 15) is 9.90 Å². The van der Waals surface area contributed by atoms with E-state index in [1.165, 1.54) is 6.20 Å². The number of methoxy groups -OCH3 is 1. The molecule has 1 rings (SSSR count). The second-order valence-electron chi connectivity index (χ2n) is 4.14. The topological polar surface area (TPSA) is 62.7 Å². The molecule has 1 unspecified atom stereocenters. The lowest BCUT2D eigenvalue weighted by molar-refractivity contribution is 0.0697. The third kappa shape index (κ3) is 3.43. The highest BCUT2D eigenvalue weighted by atomic mass is 16.5. The minimum atomic E-state index is -0.955. The summed E-state index contributed by atoms with van der Waals surface area (Å²) in [6.07, 6.45) is 3.94. The first-order valence-electron chi connectivity index (χ1n) is 6.04. The number of ether oxygens (including phenoxy) is 1. The van der Waals surface area contributed by atoms with Crippen LogP contribution in [0.3, 0.4) is 0 Å². The summed E-state index contributed by atoms with van der Waals surface area (Å²) in [5.41, 5.74) is 0.929. The van der Waals surface area contributed by atoms with Gasteiger partial charge >= 0.3 is 5.97 Å². The number of pyridine rings is 1. The summed E-state index contributed by atoms with van der Waals surface area (Å²) in [6.45, 7) is 5.37. The predicted molar refractivity (Wildman–Crippen MR) is 70.2 cm³/mol. The summed E-state index contributed by atoms with van der Waals surface area (Å²) in [5, 5.41) is 9.20. The highest BCUT2D eigenvalue weighted by Crippen LogP contribution is 2.22.